The van der Waals surface area contributed by atoms with E-state index in [1.165, 1.54) is 0 Å². The van der Waals surface area contributed by atoms with Gasteiger partial charge in [0.15, 0.2) is 0 Å². The summed E-state index contributed by atoms with van der Waals surface area (Å²) >= 11 is 0. The second kappa shape index (κ2) is 6.72. The third-order valence-electron chi connectivity index (χ3n) is 3.32. The number of methoxy groups -OCH3 is 1. The van der Waals surface area contributed by atoms with E-state index in [0.29, 0.717) is 18.8 Å². The van der Waals surface area contributed by atoms with E-state index in [2.05, 4.69) is 5.32 Å². The van der Waals surface area contributed by atoms with Gasteiger partial charge in [-0.3, -0.25) is 4.79 Å². The van der Waals surface area contributed by atoms with Crippen molar-refractivity contribution in [3.05, 3.63) is 29.3 Å². The van der Waals surface area contributed by atoms with Crippen LogP contribution in [0.4, 0.5) is 0 Å². The van der Waals surface area contributed by atoms with Gasteiger partial charge in [0.2, 0.25) is 5.91 Å². The van der Waals surface area contributed by atoms with Gasteiger partial charge in [-0.25, -0.2) is 0 Å². The fourth-order valence-corrected chi connectivity index (χ4v) is 1.83. The van der Waals surface area contributed by atoms with Crippen molar-refractivity contribution in [1.82, 2.24) is 5.32 Å². The van der Waals surface area contributed by atoms with E-state index in [9.17, 15) is 9.90 Å². The number of carbonyl (C=O) groups excluding carboxylic acids is 1. The molecule has 0 aromatic heterocycles. The molecular formula is C15H24N2O3. The third kappa shape index (κ3) is 4.21. The van der Waals surface area contributed by atoms with Gasteiger partial charge in [-0.1, -0.05) is 11.6 Å². The molecule has 0 bridgehead atoms. The Kier molecular flexibility index (Phi) is 5.53. The maximum Gasteiger partial charge on any atom is 0.224 e. The molecule has 1 aromatic rings. The van der Waals surface area contributed by atoms with Crippen molar-refractivity contribution in [2.45, 2.75) is 26.9 Å². The molecule has 1 unspecified atom stereocenters. The number of aryl methyl sites for hydroxylation is 1. The molecule has 1 atom stereocenters. The molecule has 5 heteroatoms. The van der Waals surface area contributed by atoms with Gasteiger partial charge < -0.3 is 20.9 Å². The summed E-state index contributed by atoms with van der Waals surface area (Å²) in [6, 6.07) is 5.66. The van der Waals surface area contributed by atoms with Crippen LogP contribution in [0.3, 0.4) is 0 Å². The number of nitrogens with one attached hydrogen (secondary N) is 1. The summed E-state index contributed by atoms with van der Waals surface area (Å²) in [5, 5.41) is 13.3. The molecule has 0 fully saturated rings. The van der Waals surface area contributed by atoms with Crippen molar-refractivity contribution >= 4 is 5.91 Å². The number of aliphatic hydroxyl groups excluding tert-OH is 1. The first-order valence-corrected chi connectivity index (χ1v) is 6.61. The van der Waals surface area contributed by atoms with Crippen LogP contribution in [-0.2, 0) is 4.79 Å². The van der Waals surface area contributed by atoms with Crippen LogP contribution in [0.1, 0.15) is 31.1 Å². The Bertz CT molecular complexity index is 472. The highest BCUT2D eigenvalue weighted by Crippen LogP contribution is 2.26. The van der Waals surface area contributed by atoms with Gasteiger partial charge in [0, 0.05) is 18.7 Å². The molecule has 0 aliphatic heterocycles. The maximum absolute atomic E-state index is 11.2. The van der Waals surface area contributed by atoms with Crippen LogP contribution < -0.4 is 15.8 Å². The molecule has 0 heterocycles. The van der Waals surface area contributed by atoms with Crippen molar-refractivity contribution in [1.29, 1.82) is 0 Å². The van der Waals surface area contributed by atoms with Crippen molar-refractivity contribution in [2.24, 2.45) is 11.1 Å². The Labute approximate surface area is 120 Å². The van der Waals surface area contributed by atoms with E-state index >= 15 is 0 Å². The largest absolute Gasteiger partial charge is 0.496 e. The summed E-state index contributed by atoms with van der Waals surface area (Å²) in [4.78, 5) is 11.2. The first kappa shape index (κ1) is 16.5. The number of hydrogen-bond donors (Lipinski definition) is 3. The number of aliphatic hydroxyl groups is 1. The predicted octanol–water partition coefficient (Wildman–Crippen LogP) is 1.14. The van der Waals surface area contributed by atoms with Crippen LogP contribution in [0.5, 0.6) is 5.75 Å². The van der Waals surface area contributed by atoms with Crippen molar-refractivity contribution in [3.8, 4) is 5.75 Å². The Morgan fingerprint density at radius 1 is 1.50 bits per heavy atom. The van der Waals surface area contributed by atoms with E-state index in [1.54, 1.807) is 21.0 Å². The number of primary amides is 1. The molecule has 1 aromatic carbocycles. The van der Waals surface area contributed by atoms with Gasteiger partial charge in [0.25, 0.3) is 0 Å². The van der Waals surface area contributed by atoms with Gasteiger partial charge in [-0.15, -0.1) is 0 Å². The van der Waals surface area contributed by atoms with Gasteiger partial charge >= 0.3 is 0 Å². The first-order chi connectivity index (χ1) is 9.27. The molecule has 1 rings (SSSR count). The van der Waals surface area contributed by atoms with Crippen LogP contribution in [0.15, 0.2) is 18.2 Å². The van der Waals surface area contributed by atoms with Crippen molar-refractivity contribution in [2.75, 3.05) is 20.2 Å². The van der Waals surface area contributed by atoms with Crippen LogP contribution in [0.2, 0.25) is 0 Å². The lowest BCUT2D eigenvalue weighted by Crippen LogP contribution is -2.41. The van der Waals surface area contributed by atoms with Crippen molar-refractivity contribution in [3.63, 3.8) is 0 Å². The molecule has 0 saturated carbocycles. The molecular weight excluding hydrogens is 256 g/mol. The number of amides is 1. The average molecular weight is 280 g/mol. The topological polar surface area (TPSA) is 84.6 Å². The van der Waals surface area contributed by atoms with E-state index < -0.39 is 11.5 Å². The smallest absolute Gasteiger partial charge is 0.224 e. The summed E-state index contributed by atoms with van der Waals surface area (Å²) in [5.74, 6) is 0.284. The minimum Gasteiger partial charge on any atom is -0.496 e. The second-order valence-electron chi connectivity index (χ2n) is 5.64. The zero-order valence-electron chi connectivity index (χ0n) is 12.6. The predicted molar refractivity (Wildman–Crippen MR) is 78.5 cm³/mol. The number of rotatable bonds is 7. The maximum atomic E-state index is 11.2. The highest BCUT2D eigenvalue weighted by molar-refractivity contribution is 5.80. The van der Waals surface area contributed by atoms with E-state index in [1.807, 2.05) is 25.1 Å². The van der Waals surface area contributed by atoms with Gasteiger partial charge in [0.1, 0.15) is 5.75 Å². The van der Waals surface area contributed by atoms with E-state index in [-0.39, 0.29) is 5.91 Å². The standard InChI is InChI=1S/C15H24N2O3/c1-10-5-6-13(20-4)11(7-10)12(18)8-17-9-15(2,3)14(16)19/h5-7,12,17-18H,8-9H2,1-4H3,(H2,16,19). The van der Waals surface area contributed by atoms with Gasteiger partial charge in [0.05, 0.1) is 18.6 Å². The molecule has 0 spiro atoms. The SMILES string of the molecule is COc1ccc(C)cc1C(O)CNCC(C)(C)C(N)=O. The zero-order chi connectivity index (χ0) is 15.3. The summed E-state index contributed by atoms with van der Waals surface area (Å²) in [6.45, 7) is 6.23. The molecule has 0 radical (unpaired) electrons. The molecule has 0 aliphatic rings. The van der Waals surface area contributed by atoms with Crippen LogP contribution in [-0.4, -0.2) is 31.2 Å². The van der Waals surface area contributed by atoms with Crippen LogP contribution in [0, 0.1) is 12.3 Å². The van der Waals surface area contributed by atoms with Gasteiger partial charge in [-0.2, -0.15) is 0 Å². The Morgan fingerprint density at radius 2 is 2.15 bits per heavy atom. The Hall–Kier alpha value is -1.59. The number of hydrogen-bond acceptors (Lipinski definition) is 4. The van der Waals surface area contributed by atoms with Crippen molar-refractivity contribution < 1.29 is 14.6 Å². The molecule has 112 valence electrons. The highest BCUT2D eigenvalue weighted by Gasteiger charge is 2.24. The third-order valence-corrected chi connectivity index (χ3v) is 3.32. The average Bonchev–Trinajstić information content (AvgIpc) is 2.38. The fourth-order valence-electron chi connectivity index (χ4n) is 1.83. The number of ether oxygens (including phenoxy) is 1. The molecule has 5 nitrogen and oxygen atoms in total. The molecule has 0 aliphatic carbocycles. The first-order valence-electron chi connectivity index (χ1n) is 6.61. The lowest BCUT2D eigenvalue weighted by atomic mass is 9.92. The molecule has 4 N–H and O–H groups in total. The molecule has 0 saturated heterocycles. The monoisotopic (exact) mass is 280 g/mol. The van der Waals surface area contributed by atoms with Crippen LogP contribution >= 0.6 is 0 Å². The molecule has 1 amide bonds. The number of benzene rings is 1. The number of nitrogens with two attached hydrogens (primary N) is 1. The lowest BCUT2D eigenvalue weighted by molar-refractivity contribution is -0.125. The Balaban J connectivity index is 2.66. The Morgan fingerprint density at radius 3 is 2.70 bits per heavy atom. The second-order valence-corrected chi connectivity index (χ2v) is 5.64. The fraction of sp³-hybridized carbons (Fsp3) is 0.533. The highest BCUT2D eigenvalue weighted by atomic mass is 16.5. The normalized spacial score (nSPS) is 13.1. The summed E-state index contributed by atoms with van der Waals surface area (Å²) in [6.07, 6.45) is -0.700. The summed E-state index contributed by atoms with van der Waals surface area (Å²) in [5.41, 5.74) is 6.45. The molecule has 20 heavy (non-hydrogen) atoms. The zero-order valence-corrected chi connectivity index (χ0v) is 12.6. The summed E-state index contributed by atoms with van der Waals surface area (Å²) in [7, 11) is 1.57. The number of carbonyl (C=O) groups is 1. The quantitative estimate of drug-likeness (QED) is 0.699. The summed E-state index contributed by atoms with van der Waals surface area (Å²) < 4.78 is 5.25. The van der Waals surface area contributed by atoms with E-state index in [0.717, 1.165) is 11.1 Å². The van der Waals surface area contributed by atoms with E-state index in [4.69, 9.17) is 10.5 Å². The minimum absolute atomic E-state index is 0.330. The minimum atomic E-state index is -0.700. The van der Waals surface area contributed by atoms with Crippen LogP contribution in [0.25, 0.3) is 0 Å². The lowest BCUT2D eigenvalue weighted by Gasteiger charge is -2.22. The van der Waals surface area contributed by atoms with Gasteiger partial charge in [-0.05, 0) is 32.9 Å².